The summed E-state index contributed by atoms with van der Waals surface area (Å²) < 4.78 is 68.7. The molecule has 0 aliphatic carbocycles. The number of hydrogen-bond acceptors (Lipinski definition) is 15. The number of unbranched alkanes of at least 4 members (excludes halogenated alkanes) is 52. The van der Waals surface area contributed by atoms with Crippen LogP contribution < -0.4 is 0 Å². The van der Waals surface area contributed by atoms with E-state index in [1.54, 1.807) is 0 Å². The fourth-order valence-electron chi connectivity index (χ4n) is 12.4. The Bertz CT molecular complexity index is 1890. The fraction of sp³-hybridized carbons (Fsp3) is 0.950. The molecule has 0 amide bonds. The van der Waals surface area contributed by atoms with Gasteiger partial charge in [-0.1, -0.05) is 375 Å². The molecule has 99 heavy (non-hydrogen) atoms. The van der Waals surface area contributed by atoms with E-state index < -0.39 is 97.5 Å². The summed E-state index contributed by atoms with van der Waals surface area (Å²) in [6.45, 7) is 7.33. The fourth-order valence-corrected chi connectivity index (χ4v) is 14.0. The number of aliphatic hydroxyl groups excluding tert-OH is 1. The van der Waals surface area contributed by atoms with Crippen LogP contribution in [0.5, 0.6) is 0 Å². The molecule has 0 bridgehead atoms. The van der Waals surface area contributed by atoms with Gasteiger partial charge >= 0.3 is 39.5 Å². The summed E-state index contributed by atoms with van der Waals surface area (Å²) in [4.78, 5) is 73.0. The van der Waals surface area contributed by atoms with Crippen LogP contribution in [0.4, 0.5) is 0 Å². The molecule has 0 radical (unpaired) electrons. The zero-order valence-electron chi connectivity index (χ0n) is 64.6. The summed E-state index contributed by atoms with van der Waals surface area (Å²) in [6, 6.07) is 0. The molecule has 0 aliphatic heterocycles. The van der Waals surface area contributed by atoms with Crippen molar-refractivity contribution < 1.29 is 80.2 Å². The van der Waals surface area contributed by atoms with Crippen LogP contribution in [0.15, 0.2) is 0 Å². The predicted molar refractivity (Wildman–Crippen MR) is 405 cm³/mol. The third-order valence-corrected chi connectivity index (χ3v) is 20.7. The zero-order valence-corrected chi connectivity index (χ0v) is 66.4. The van der Waals surface area contributed by atoms with E-state index in [9.17, 15) is 43.2 Å². The maximum atomic E-state index is 13.1. The molecular weight excluding hydrogens is 1290 g/mol. The monoisotopic (exact) mass is 1450 g/mol. The van der Waals surface area contributed by atoms with Gasteiger partial charge in [0.05, 0.1) is 26.4 Å². The summed E-state index contributed by atoms with van der Waals surface area (Å²) in [5.41, 5.74) is 0. The number of carbonyl (C=O) groups excluding carboxylic acids is 4. The van der Waals surface area contributed by atoms with E-state index in [0.717, 1.165) is 95.8 Å². The lowest BCUT2D eigenvalue weighted by molar-refractivity contribution is -0.161. The Balaban J connectivity index is 5.22. The molecule has 0 aromatic rings. The lowest BCUT2D eigenvalue weighted by atomic mass is 10.0. The number of phosphoric ester groups is 2. The number of hydrogen-bond donors (Lipinski definition) is 3. The van der Waals surface area contributed by atoms with Gasteiger partial charge in [-0.05, 0) is 31.6 Å². The molecule has 0 aliphatic rings. The molecule has 3 N–H and O–H groups in total. The molecule has 0 saturated carbocycles. The van der Waals surface area contributed by atoms with Gasteiger partial charge in [0.25, 0.3) is 0 Å². The number of ether oxygens (including phenoxy) is 4. The normalized spacial score (nSPS) is 13.9. The van der Waals surface area contributed by atoms with Crippen molar-refractivity contribution in [2.45, 2.75) is 445 Å². The molecule has 19 heteroatoms. The minimum atomic E-state index is -4.96. The highest BCUT2D eigenvalue weighted by molar-refractivity contribution is 7.47. The number of rotatable bonds is 80. The Morgan fingerprint density at radius 2 is 0.465 bits per heavy atom. The second kappa shape index (κ2) is 73.0. The van der Waals surface area contributed by atoms with Crippen LogP contribution in [0.1, 0.15) is 426 Å². The number of phosphoric acid groups is 2. The van der Waals surface area contributed by atoms with Crippen LogP contribution >= 0.6 is 15.6 Å². The first-order valence-corrected chi connectivity index (χ1v) is 44.6. The Morgan fingerprint density at radius 3 is 0.687 bits per heavy atom. The van der Waals surface area contributed by atoms with Gasteiger partial charge < -0.3 is 33.8 Å². The molecule has 0 spiro atoms. The van der Waals surface area contributed by atoms with Gasteiger partial charge in [0.2, 0.25) is 0 Å². The molecule has 0 aromatic heterocycles. The summed E-state index contributed by atoms with van der Waals surface area (Å²) >= 11 is 0. The van der Waals surface area contributed by atoms with Gasteiger partial charge in [0, 0.05) is 25.7 Å². The van der Waals surface area contributed by atoms with Crippen LogP contribution in [0, 0.1) is 5.92 Å². The van der Waals surface area contributed by atoms with Gasteiger partial charge in [0.15, 0.2) is 12.2 Å². The Morgan fingerprint density at radius 1 is 0.273 bits per heavy atom. The summed E-state index contributed by atoms with van der Waals surface area (Å²) in [5.74, 6) is -1.32. The van der Waals surface area contributed by atoms with E-state index in [-0.39, 0.29) is 25.7 Å². The summed E-state index contributed by atoms with van der Waals surface area (Å²) in [7, 11) is -9.92. The molecule has 0 aromatic carbocycles. The van der Waals surface area contributed by atoms with Gasteiger partial charge in [-0.2, -0.15) is 0 Å². The average Bonchev–Trinajstić information content (AvgIpc) is 1.18. The lowest BCUT2D eigenvalue weighted by Gasteiger charge is -2.21. The maximum absolute atomic E-state index is 13.1. The standard InChI is InChI=1S/C80H156O17P2/c1-6-9-12-15-18-21-23-25-27-29-31-35-39-44-49-54-59-64-78(83)91-70-76(97-79(84)65-60-55-50-45-40-36-32-30-28-26-24-22-19-16-13-10-7-2)72-95-99(88,89)93-68-74(81)67-92-98(86,87)94-71-75(69-90-77(82)63-58-53-48-42-20-17-14-11-8-3)96-80(85)66-61-56-51-46-41-37-33-34-38-43-47-52-57-62-73(4)5/h73-76,81H,6-72H2,1-5H3,(H,86,87)(H,88,89)/t74-,75+,76+/m0/s1. The van der Waals surface area contributed by atoms with Crippen LogP contribution in [0.2, 0.25) is 0 Å². The molecule has 0 rings (SSSR count). The van der Waals surface area contributed by atoms with Crippen molar-refractivity contribution in [1.29, 1.82) is 0 Å². The quantitative estimate of drug-likeness (QED) is 0.0222. The van der Waals surface area contributed by atoms with E-state index in [1.165, 1.54) is 250 Å². The first-order chi connectivity index (χ1) is 48.0. The van der Waals surface area contributed by atoms with E-state index >= 15 is 0 Å². The van der Waals surface area contributed by atoms with Gasteiger partial charge in [0.1, 0.15) is 19.3 Å². The Kier molecular flexibility index (Phi) is 71.6. The van der Waals surface area contributed by atoms with Crippen LogP contribution in [-0.2, 0) is 65.4 Å². The van der Waals surface area contributed by atoms with Crippen molar-refractivity contribution in [3.8, 4) is 0 Å². The van der Waals surface area contributed by atoms with Crippen LogP contribution in [-0.4, -0.2) is 96.7 Å². The molecule has 0 saturated heterocycles. The summed E-state index contributed by atoms with van der Waals surface area (Å²) in [5, 5.41) is 10.6. The van der Waals surface area contributed by atoms with Crippen molar-refractivity contribution in [1.82, 2.24) is 0 Å². The van der Waals surface area contributed by atoms with Crippen molar-refractivity contribution in [2.24, 2.45) is 5.92 Å². The van der Waals surface area contributed by atoms with Crippen molar-refractivity contribution >= 4 is 39.5 Å². The van der Waals surface area contributed by atoms with E-state index in [2.05, 4.69) is 34.6 Å². The van der Waals surface area contributed by atoms with Gasteiger partial charge in [-0.25, -0.2) is 9.13 Å². The second-order valence-electron chi connectivity index (χ2n) is 29.3. The first kappa shape index (κ1) is 97.1. The SMILES string of the molecule is CCCCCCCCCCCCCCCCCCCC(=O)OC[C@H](COP(=O)(O)OC[C@@H](O)COP(=O)(O)OC[C@@H](COC(=O)CCCCCCCCCCC)OC(=O)CCCCCCCCCCCCCCCC(C)C)OC(=O)CCCCCCCCCCCCCCCCCCC. The Hall–Kier alpha value is -1.94. The van der Waals surface area contributed by atoms with E-state index in [1.807, 2.05) is 0 Å². The number of carbonyl (C=O) groups is 4. The lowest BCUT2D eigenvalue weighted by Crippen LogP contribution is -2.30. The highest BCUT2D eigenvalue weighted by atomic mass is 31.2. The molecule has 588 valence electrons. The first-order valence-electron chi connectivity index (χ1n) is 41.6. The zero-order chi connectivity index (χ0) is 72.7. The number of aliphatic hydroxyl groups is 1. The molecule has 0 fully saturated rings. The minimum Gasteiger partial charge on any atom is -0.462 e. The molecule has 5 atom stereocenters. The van der Waals surface area contributed by atoms with Gasteiger partial charge in [-0.15, -0.1) is 0 Å². The second-order valence-corrected chi connectivity index (χ2v) is 32.2. The highest BCUT2D eigenvalue weighted by Gasteiger charge is 2.30. The third kappa shape index (κ3) is 74.1. The molecule has 0 heterocycles. The van der Waals surface area contributed by atoms with E-state index in [4.69, 9.17) is 37.0 Å². The minimum absolute atomic E-state index is 0.108. The van der Waals surface area contributed by atoms with Crippen molar-refractivity contribution in [3.63, 3.8) is 0 Å². The summed E-state index contributed by atoms with van der Waals surface area (Å²) in [6.07, 6.45) is 63.8. The largest absolute Gasteiger partial charge is 0.472 e. The predicted octanol–water partition coefficient (Wildman–Crippen LogP) is 24.0. The smallest absolute Gasteiger partial charge is 0.462 e. The van der Waals surface area contributed by atoms with Crippen molar-refractivity contribution in [2.75, 3.05) is 39.6 Å². The molecule has 17 nitrogen and oxygen atoms in total. The Labute approximate surface area is 607 Å². The van der Waals surface area contributed by atoms with Crippen molar-refractivity contribution in [3.05, 3.63) is 0 Å². The van der Waals surface area contributed by atoms with E-state index in [0.29, 0.717) is 25.7 Å². The molecule has 2 unspecified atom stereocenters. The van der Waals surface area contributed by atoms with Crippen LogP contribution in [0.25, 0.3) is 0 Å². The average molecular weight is 1450 g/mol. The third-order valence-electron chi connectivity index (χ3n) is 18.8. The maximum Gasteiger partial charge on any atom is 0.472 e. The highest BCUT2D eigenvalue weighted by Crippen LogP contribution is 2.45. The molecular formula is C80H156O17P2. The van der Waals surface area contributed by atoms with Crippen LogP contribution in [0.3, 0.4) is 0 Å². The number of esters is 4. The topological polar surface area (TPSA) is 237 Å². The van der Waals surface area contributed by atoms with Gasteiger partial charge in [-0.3, -0.25) is 37.3 Å².